The zero-order valence-electron chi connectivity index (χ0n) is 15.6. The van der Waals surface area contributed by atoms with Crippen LogP contribution in [-0.2, 0) is 12.8 Å². The maximum Gasteiger partial charge on any atom is 0.347 e. The third-order valence-electron chi connectivity index (χ3n) is 4.48. The van der Waals surface area contributed by atoms with E-state index in [1.54, 1.807) is 0 Å². The molecule has 8 heteroatoms. The number of carbonyl (C=O) groups is 1. The van der Waals surface area contributed by atoms with Gasteiger partial charge in [0.05, 0.1) is 17.2 Å². The summed E-state index contributed by atoms with van der Waals surface area (Å²) in [5.74, 6) is -0.196. The fourth-order valence-corrected chi connectivity index (χ4v) is 4.08. The number of methoxy groups -OCH3 is 1. The summed E-state index contributed by atoms with van der Waals surface area (Å²) >= 11 is 19.0. The second-order valence-electron chi connectivity index (χ2n) is 6.35. The first-order valence-corrected chi connectivity index (χ1v) is 10.0. The summed E-state index contributed by atoms with van der Waals surface area (Å²) in [7, 11) is 1.48. The second-order valence-corrected chi connectivity index (χ2v) is 7.48. The Kier molecular flexibility index (Phi) is 6.18. The molecule has 0 bridgehead atoms. The lowest BCUT2D eigenvalue weighted by molar-refractivity contribution is 0.0736. The molecule has 5 nitrogen and oxygen atoms in total. The maximum atomic E-state index is 13.0. The quantitative estimate of drug-likeness (QED) is 0.415. The minimum absolute atomic E-state index is 0.00866. The molecule has 0 radical (unpaired) electrons. The Labute approximate surface area is 178 Å². The molecule has 0 saturated heterocycles. The molecule has 150 valence electrons. The van der Waals surface area contributed by atoms with Crippen molar-refractivity contribution in [3.63, 3.8) is 0 Å². The predicted octanol–water partition coefficient (Wildman–Crippen LogP) is 6.59. The van der Waals surface area contributed by atoms with Crippen molar-refractivity contribution in [1.82, 2.24) is 0 Å². The molecule has 0 amide bonds. The van der Waals surface area contributed by atoms with E-state index in [1.165, 1.54) is 13.2 Å². The average molecular weight is 446 g/mol. The van der Waals surface area contributed by atoms with Crippen LogP contribution in [0.1, 0.15) is 48.2 Å². The first-order valence-electron chi connectivity index (χ1n) is 8.87. The number of halogens is 3. The Hall–Kier alpha value is -1.82. The summed E-state index contributed by atoms with van der Waals surface area (Å²) in [6.45, 7) is 3.91. The zero-order valence-corrected chi connectivity index (χ0v) is 17.9. The Morgan fingerprint density at radius 1 is 0.964 bits per heavy atom. The highest BCUT2D eigenvalue weighted by Gasteiger charge is 2.34. The number of carbonyl (C=O) groups excluding carboxylic acids is 1. The van der Waals surface area contributed by atoms with E-state index in [4.69, 9.17) is 49.0 Å². The van der Waals surface area contributed by atoms with Crippen molar-refractivity contribution in [2.75, 3.05) is 7.11 Å². The molecule has 0 aromatic heterocycles. The van der Waals surface area contributed by atoms with Crippen molar-refractivity contribution in [3.8, 4) is 28.7 Å². The summed E-state index contributed by atoms with van der Waals surface area (Å²) in [5.41, 5.74) is 1.15. The van der Waals surface area contributed by atoms with Gasteiger partial charge in [-0.1, -0.05) is 61.5 Å². The van der Waals surface area contributed by atoms with Crippen LogP contribution >= 0.6 is 34.8 Å². The van der Waals surface area contributed by atoms with Crippen LogP contribution < -0.4 is 14.2 Å². The monoisotopic (exact) mass is 444 g/mol. The predicted molar refractivity (Wildman–Crippen MR) is 109 cm³/mol. The Balaban J connectivity index is 2.33. The van der Waals surface area contributed by atoms with Crippen molar-refractivity contribution < 1.29 is 24.1 Å². The van der Waals surface area contributed by atoms with E-state index in [0.717, 1.165) is 6.42 Å². The summed E-state index contributed by atoms with van der Waals surface area (Å²) in [5, 5.41) is 10.6. The van der Waals surface area contributed by atoms with Crippen molar-refractivity contribution in [3.05, 3.63) is 37.8 Å². The van der Waals surface area contributed by atoms with E-state index in [9.17, 15) is 9.90 Å². The van der Waals surface area contributed by atoms with Gasteiger partial charge in [-0.25, -0.2) is 4.79 Å². The first kappa shape index (κ1) is 20.9. The average Bonchev–Trinajstić information content (AvgIpc) is 2.81. The third-order valence-corrected chi connectivity index (χ3v) is 5.65. The molecule has 0 fully saturated rings. The molecule has 2 aromatic rings. The Bertz CT molecular complexity index is 956. The lowest BCUT2D eigenvalue weighted by atomic mass is 10.0. The summed E-state index contributed by atoms with van der Waals surface area (Å²) in [4.78, 5) is 13.0. The number of fused-ring (bicyclic) bond motifs is 2. The Morgan fingerprint density at radius 2 is 1.61 bits per heavy atom. The van der Waals surface area contributed by atoms with Gasteiger partial charge >= 0.3 is 5.97 Å². The number of ether oxygens (including phenoxy) is 3. The molecule has 1 aliphatic heterocycles. The fraction of sp³-hybridized carbons (Fsp3) is 0.350. The van der Waals surface area contributed by atoms with Crippen LogP contribution in [0.25, 0.3) is 0 Å². The normalized spacial score (nSPS) is 12.6. The van der Waals surface area contributed by atoms with Gasteiger partial charge in [0.2, 0.25) is 0 Å². The molecule has 28 heavy (non-hydrogen) atoms. The van der Waals surface area contributed by atoms with Gasteiger partial charge in [0.25, 0.3) is 0 Å². The number of esters is 1. The fourth-order valence-electron chi connectivity index (χ4n) is 3.21. The highest BCUT2D eigenvalue weighted by atomic mass is 35.5. The van der Waals surface area contributed by atoms with Gasteiger partial charge in [-0.2, -0.15) is 0 Å². The van der Waals surface area contributed by atoms with E-state index in [-0.39, 0.29) is 38.6 Å². The van der Waals surface area contributed by atoms with Crippen LogP contribution in [0.2, 0.25) is 15.1 Å². The Morgan fingerprint density at radius 3 is 2.21 bits per heavy atom. The SMILES string of the molecule is CCCc1c(Cl)c(OC)cc2c1Oc1c(Cl)c(O)c(Cl)c(CCC)c1C(=O)O2. The molecule has 1 heterocycles. The minimum atomic E-state index is -0.673. The molecule has 0 saturated carbocycles. The van der Waals surface area contributed by atoms with Crippen molar-refractivity contribution >= 4 is 40.8 Å². The number of rotatable bonds is 5. The number of phenols is 1. The van der Waals surface area contributed by atoms with Crippen LogP contribution in [0.15, 0.2) is 6.07 Å². The highest BCUT2D eigenvalue weighted by molar-refractivity contribution is 6.39. The molecular formula is C20H19Cl3O5. The molecular weight excluding hydrogens is 427 g/mol. The van der Waals surface area contributed by atoms with Gasteiger partial charge in [0, 0.05) is 11.6 Å². The van der Waals surface area contributed by atoms with E-state index in [1.807, 2.05) is 13.8 Å². The third kappa shape index (κ3) is 3.36. The number of hydrogen-bond donors (Lipinski definition) is 1. The summed E-state index contributed by atoms with van der Waals surface area (Å²) in [6.07, 6.45) is 2.45. The molecule has 2 aromatic carbocycles. The zero-order chi connectivity index (χ0) is 20.6. The highest BCUT2D eigenvalue weighted by Crippen LogP contribution is 2.52. The van der Waals surface area contributed by atoms with E-state index >= 15 is 0 Å². The van der Waals surface area contributed by atoms with Crippen molar-refractivity contribution in [2.24, 2.45) is 0 Å². The van der Waals surface area contributed by atoms with Crippen LogP contribution in [0.3, 0.4) is 0 Å². The maximum absolute atomic E-state index is 13.0. The summed E-state index contributed by atoms with van der Waals surface area (Å²) < 4.78 is 17.0. The topological polar surface area (TPSA) is 65.0 Å². The van der Waals surface area contributed by atoms with Crippen LogP contribution in [0, 0.1) is 0 Å². The van der Waals surface area contributed by atoms with E-state index in [2.05, 4.69) is 0 Å². The van der Waals surface area contributed by atoms with Crippen molar-refractivity contribution in [1.29, 1.82) is 0 Å². The lowest BCUT2D eigenvalue weighted by Gasteiger charge is -2.18. The van der Waals surface area contributed by atoms with Crippen LogP contribution in [0.5, 0.6) is 28.7 Å². The van der Waals surface area contributed by atoms with Gasteiger partial charge in [0.15, 0.2) is 23.0 Å². The molecule has 1 N–H and O–H groups in total. The lowest BCUT2D eigenvalue weighted by Crippen LogP contribution is -2.11. The molecule has 0 atom stereocenters. The van der Waals surface area contributed by atoms with E-state index < -0.39 is 5.97 Å². The number of benzene rings is 2. The van der Waals surface area contributed by atoms with Gasteiger partial charge in [-0.15, -0.1) is 0 Å². The minimum Gasteiger partial charge on any atom is -0.505 e. The van der Waals surface area contributed by atoms with Crippen LogP contribution in [-0.4, -0.2) is 18.2 Å². The number of phenolic OH excluding ortho intramolecular Hbond substituents is 1. The van der Waals surface area contributed by atoms with Crippen LogP contribution in [0.4, 0.5) is 0 Å². The molecule has 0 spiro atoms. The van der Waals surface area contributed by atoms with Gasteiger partial charge in [0.1, 0.15) is 16.3 Å². The second kappa shape index (κ2) is 8.27. The first-order chi connectivity index (χ1) is 13.3. The molecule has 0 unspecified atom stereocenters. The standard InChI is InChI=1S/C20H19Cl3O5/c1-4-6-9-13-19(16(23)17(24)15(9)22)28-18-10(7-5-2)14(21)11(26-3)8-12(18)27-20(13)25/h8,24H,4-7H2,1-3H3. The molecule has 0 aliphatic carbocycles. The van der Waals surface area contributed by atoms with Gasteiger partial charge in [-0.3, -0.25) is 0 Å². The largest absolute Gasteiger partial charge is 0.505 e. The number of aromatic hydroxyl groups is 1. The van der Waals surface area contributed by atoms with Gasteiger partial charge < -0.3 is 19.3 Å². The van der Waals surface area contributed by atoms with Crippen molar-refractivity contribution in [2.45, 2.75) is 39.5 Å². The number of hydrogen-bond acceptors (Lipinski definition) is 5. The molecule has 3 rings (SSSR count). The van der Waals surface area contributed by atoms with Gasteiger partial charge in [-0.05, 0) is 18.4 Å². The summed E-state index contributed by atoms with van der Waals surface area (Å²) in [6, 6.07) is 1.50. The smallest absolute Gasteiger partial charge is 0.347 e. The molecule has 1 aliphatic rings. The van der Waals surface area contributed by atoms with E-state index in [0.29, 0.717) is 41.2 Å².